The van der Waals surface area contributed by atoms with Gasteiger partial charge in [0.2, 0.25) is 0 Å². The number of rotatable bonds is 3. The number of alkyl halides is 3. The highest BCUT2D eigenvalue weighted by Gasteiger charge is 2.30. The van der Waals surface area contributed by atoms with Gasteiger partial charge in [0.05, 0.1) is 24.1 Å². The van der Waals surface area contributed by atoms with Crippen LogP contribution in [0.4, 0.5) is 36.2 Å². The summed E-state index contributed by atoms with van der Waals surface area (Å²) in [6.45, 7) is 3.98. The molecule has 0 spiro atoms. The summed E-state index contributed by atoms with van der Waals surface area (Å²) in [5.41, 5.74) is 1.35. The maximum atomic E-state index is 13.0. The first kappa shape index (κ1) is 18.5. The van der Waals surface area contributed by atoms with Crippen molar-refractivity contribution in [3.05, 3.63) is 41.5 Å². The van der Waals surface area contributed by atoms with Crippen molar-refractivity contribution in [2.75, 3.05) is 48.8 Å². The fourth-order valence-corrected chi connectivity index (χ4v) is 3.31. The zero-order valence-corrected chi connectivity index (χ0v) is 15.4. The zero-order chi connectivity index (χ0) is 19.7. The standard InChI is InChI=1S/C19H21F3N6/c1-27-5-7-28(8-6-27)17-10-16-15(11-23-12-24-16)18(26-17)25-14-4-2-3-13(9-14)19(20,21)22/h2-4,9-10,12H,5-8,11H2,1H3,(H,23,24)(H,25,26). The van der Waals surface area contributed by atoms with E-state index in [4.69, 9.17) is 4.98 Å². The number of piperazine rings is 1. The number of nitrogens with one attached hydrogen (secondary N) is 2. The predicted molar refractivity (Wildman–Crippen MR) is 104 cm³/mol. The number of fused-ring (bicyclic) bond motifs is 1. The number of aliphatic imine (C=N–C) groups is 1. The lowest BCUT2D eigenvalue weighted by Crippen LogP contribution is -2.44. The van der Waals surface area contributed by atoms with Gasteiger partial charge in [0, 0.05) is 43.5 Å². The molecule has 6 nitrogen and oxygen atoms in total. The van der Waals surface area contributed by atoms with Gasteiger partial charge in [-0.3, -0.25) is 4.99 Å². The van der Waals surface area contributed by atoms with Gasteiger partial charge >= 0.3 is 6.18 Å². The van der Waals surface area contributed by atoms with Gasteiger partial charge in [-0.2, -0.15) is 13.2 Å². The summed E-state index contributed by atoms with van der Waals surface area (Å²) in [7, 11) is 2.08. The van der Waals surface area contributed by atoms with Gasteiger partial charge in [0.25, 0.3) is 0 Å². The molecule has 0 saturated carbocycles. The number of likely N-dealkylation sites (N-methyl/N-ethyl adjacent to an activating group) is 1. The van der Waals surface area contributed by atoms with Gasteiger partial charge in [0.1, 0.15) is 11.6 Å². The van der Waals surface area contributed by atoms with Crippen LogP contribution in [0.25, 0.3) is 0 Å². The molecule has 0 aliphatic carbocycles. The monoisotopic (exact) mass is 390 g/mol. The molecule has 3 heterocycles. The summed E-state index contributed by atoms with van der Waals surface area (Å²) < 4.78 is 39.1. The van der Waals surface area contributed by atoms with Gasteiger partial charge < -0.3 is 20.4 Å². The molecule has 0 bridgehead atoms. The molecule has 1 aromatic heterocycles. The Kier molecular flexibility index (Phi) is 4.84. The van der Waals surface area contributed by atoms with Crippen molar-refractivity contribution in [1.29, 1.82) is 0 Å². The molecule has 2 aliphatic heterocycles. The maximum absolute atomic E-state index is 13.0. The second-order valence-electron chi connectivity index (χ2n) is 6.96. The molecule has 4 rings (SSSR count). The van der Waals surface area contributed by atoms with Gasteiger partial charge in [-0.15, -0.1) is 0 Å². The van der Waals surface area contributed by atoms with Crippen LogP contribution in [0.3, 0.4) is 0 Å². The third-order valence-corrected chi connectivity index (χ3v) is 4.95. The molecule has 2 aromatic rings. The molecule has 148 valence electrons. The third kappa shape index (κ3) is 3.89. The number of hydrogen-bond acceptors (Lipinski definition) is 6. The van der Waals surface area contributed by atoms with E-state index >= 15 is 0 Å². The molecule has 0 atom stereocenters. The SMILES string of the molecule is CN1CCN(c2cc3c(c(Nc4cccc(C(F)(F)F)c4)n2)CN=CN3)CC1. The van der Waals surface area contributed by atoms with Gasteiger partial charge in [-0.05, 0) is 25.2 Å². The molecule has 0 unspecified atom stereocenters. The molecule has 0 radical (unpaired) electrons. The molecule has 28 heavy (non-hydrogen) atoms. The molecule has 1 saturated heterocycles. The van der Waals surface area contributed by atoms with Gasteiger partial charge in [0.15, 0.2) is 0 Å². The summed E-state index contributed by atoms with van der Waals surface area (Å²) >= 11 is 0. The number of nitrogens with zero attached hydrogens (tertiary/aromatic N) is 4. The smallest absolute Gasteiger partial charge is 0.354 e. The molecule has 1 aromatic carbocycles. The van der Waals surface area contributed by atoms with Crippen molar-refractivity contribution in [2.24, 2.45) is 4.99 Å². The lowest BCUT2D eigenvalue weighted by atomic mass is 10.1. The highest BCUT2D eigenvalue weighted by molar-refractivity contribution is 5.84. The number of aromatic nitrogens is 1. The Morgan fingerprint density at radius 1 is 1.11 bits per heavy atom. The van der Waals surface area contributed by atoms with Gasteiger partial charge in [-0.1, -0.05) is 6.07 Å². The van der Waals surface area contributed by atoms with Crippen LogP contribution in [0, 0.1) is 0 Å². The van der Waals surface area contributed by atoms with E-state index in [-0.39, 0.29) is 0 Å². The van der Waals surface area contributed by atoms with Crippen LogP contribution in [0.1, 0.15) is 11.1 Å². The summed E-state index contributed by atoms with van der Waals surface area (Å²) in [6, 6.07) is 7.11. The Balaban J connectivity index is 1.67. The molecule has 0 amide bonds. The zero-order valence-electron chi connectivity index (χ0n) is 15.4. The average molecular weight is 390 g/mol. The molecular weight excluding hydrogens is 369 g/mol. The molecule has 1 fully saturated rings. The second kappa shape index (κ2) is 7.31. The second-order valence-corrected chi connectivity index (χ2v) is 6.96. The van der Waals surface area contributed by atoms with Crippen LogP contribution in [0.2, 0.25) is 0 Å². The summed E-state index contributed by atoms with van der Waals surface area (Å²) in [5.74, 6) is 1.32. The van der Waals surface area contributed by atoms with E-state index in [1.807, 2.05) is 6.07 Å². The lowest BCUT2D eigenvalue weighted by molar-refractivity contribution is -0.137. The Morgan fingerprint density at radius 3 is 2.64 bits per heavy atom. The maximum Gasteiger partial charge on any atom is 0.416 e. The first-order chi connectivity index (χ1) is 13.4. The van der Waals surface area contributed by atoms with E-state index in [0.29, 0.717) is 18.1 Å². The minimum absolute atomic E-state index is 0.342. The fraction of sp³-hybridized carbons (Fsp3) is 0.368. The lowest BCUT2D eigenvalue weighted by Gasteiger charge is -2.34. The fourth-order valence-electron chi connectivity index (χ4n) is 3.31. The number of pyridine rings is 1. The average Bonchev–Trinajstić information content (AvgIpc) is 2.68. The Labute approximate surface area is 161 Å². The minimum Gasteiger partial charge on any atom is -0.354 e. The Bertz CT molecular complexity index is 888. The van der Waals surface area contributed by atoms with E-state index in [9.17, 15) is 13.2 Å². The number of benzene rings is 1. The van der Waals surface area contributed by atoms with Crippen LogP contribution in [-0.4, -0.2) is 49.4 Å². The first-order valence-electron chi connectivity index (χ1n) is 9.07. The molecule has 2 N–H and O–H groups in total. The topological polar surface area (TPSA) is 55.8 Å². The van der Waals surface area contributed by atoms with E-state index in [1.54, 1.807) is 12.4 Å². The Morgan fingerprint density at radius 2 is 1.89 bits per heavy atom. The van der Waals surface area contributed by atoms with Crippen molar-refractivity contribution < 1.29 is 13.2 Å². The van der Waals surface area contributed by atoms with Crippen molar-refractivity contribution >= 4 is 29.3 Å². The van der Waals surface area contributed by atoms with E-state index < -0.39 is 11.7 Å². The van der Waals surface area contributed by atoms with Gasteiger partial charge in [-0.25, -0.2) is 4.98 Å². The van der Waals surface area contributed by atoms with Crippen molar-refractivity contribution in [2.45, 2.75) is 12.7 Å². The van der Waals surface area contributed by atoms with E-state index in [0.717, 1.165) is 55.4 Å². The minimum atomic E-state index is -4.39. The van der Waals surface area contributed by atoms with Crippen LogP contribution in [0.15, 0.2) is 35.3 Å². The van der Waals surface area contributed by atoms with E-state index in [1.165, 1.54) is 6.07 Å². The highest BCUT2D eigenvalue weighted by Crippen LogP contribution is 2.34. The van der Waals surface area contributed by atoms with Crippen LogP contribution >= 0.6 is 0 Å². The van der Waals surface area contributed by atoms with Crippen molar-refractivity contribution in [1.82, 2.24) is 9.88 Å². The predicted octanol–water partition coefficient (Wildman–Crippen LogP) is 3.55. The normalized spacial score (nSPS) is 17.2. The van der Waals surface area contributed by atoms with Crippen LogP contribution in [-0.2, 0) is 12.7 Å². The Hall–Kier alpha value is -2.81. The summed E-state index contributed by atoms with van der Waals surface area (Å²) in [5, 5.41) is 6.19. The molecular formula is C19H21F3N6. The quantitative estimate of drug-likeness (QED) is 0.840. The molecule has 9 heteroatoms. The number of hydrogen-bond donors (Lipinski definition) is 2. The number of anilines is 4. The largest absolute Gasteiger partial charge is 0.416 e. The summed E-state index contributed by atoms with van der Waals surface area (Å²) in [4.78, 5) is 13.4. The van der Waals surface area contributed by atoms with Crippen LogP contribution in [0.5, 0.6) is 0 Å². The first-order valence-corrected chi connectivity index (χ1v) is 9.07. The van der Waals surface area contributed by atoms with Crippen LogP contribution < -0.4 is 15.5 Å². The highest BCUT2D eigenvalue weighted by atomic mass is 19.4. The third-order valence-electron chi connectivity index (χ3n) is 4.95. The molecule has 2 aliphatic rings. The number of halogens is 3. The van der Waals surface area contributed by atoms with Crippen molar-refractivity contribution in [3.63, 3.8) is 0 Å². The van der Waals surface area contributed by atoms with Crippen molar-refractivity contribution in [3.8, 4) is 0 Å². The van der Waals surface area contributed by atoms with E-state index in [2.05, 4.69) is 32.5 Å². The summed E-state index contributed by atoms with van der Waals surface area (Å²) in [6.07, 6.45) is -2.76.